The number of unbranched alkanes of at least 4 members (excludes halogenated alkanes) is 2. The van der Waals surface area contributed by atoms with E-state index < -0.39 is 0 Å². The van der Waals surface area contributed by atoms with Crippen LogP contribution in [-0.4, -0.2) is 15.6 Å². The summed E-state index contributed by atoms with van der Waals surface area (Å²) >= 11 is 6.92. The summed E-state index contributed by atoms with van der Waals surface area (Å²) in [5.74, 6) is 3.19. The molecule has 0 N–H and O–H groups in total. The third-order valence-corrected chi connectivity index (χ3v) is 8.23. The first kappa shape index (κ1) is 23.0. The van der Waals surface area contributed by atoms with Gasteiger partial charge in [-0.15, -0.1) is 11.6 Å². The Labute approximate surface area is 184 Å². The predicted molar refractivity (Wildman–Crippen MR) is 125 cm³/mol. The average molecular weight is 419 g/mol. The molecule has 1 aromatic rings. The van der Waals surface area contributed by atoms with Crippen molar-refractivity contribution < 1.29 is 0 Å². The van der Waals surface area contributed by atoms with Gasteiger partial charge in [-0.05, 0) is 87.7 Å². The molecule has 0 amide bonds. The van der Waals surface area contributed by atoms with Crippen LogP contribution in [0.15, 0.2) is 12.1 Å². The maximum absolute atomic E-state index is 6.92. The molecule has 2 nitrogen and oxygen atoms in total. The molecule has 0 spiro atoms. The Kier molecular flexibility index (Phi) is 9.76. The summed E-state index contributed by atoms with van der Waals surface area (Å²) in [6, 6.07) is 4.46. The van der Waals surface area contributed by atoms with Crippen LogP contribution in [0.3, 0.4) is 0 Å². The third kappa shape index (κ3) is 7.23. The highest BCUT2D eigenvalue weighted by molar-refractivity contribution is 6.20. The second-order valence-corrected chi connectivity index (χ2v) is 10.5. The molecule has 0 aromatic carbocycles. The van der Waals surface area contributed by atoms with Crippen molar-refractivity contribution in [3.63, 3.8) is 0 Å². The lowest BCUT2D eigenvalue weighted by atomic mass is 9.74. The Bertz CT molecular complexity index is 557. The summed E-state index contributed by atoms with van der Waals surface area (Å²) in [5.41, 5.74) is 2.38. The molecule has 2 saturated carbocycles. The van der Waals surface area contributed by atoms with Gasteiger partial charge in [-0.3, -0.25) is 0 Å². The fourth-order valence-corrected chi connectivity index (χ4v) is 6.23. The predicted octanol–water partition coefficient (Wildman–Crippen LogP) is 8.09. The fraction of sp³-hybridized carbons (Fsp3) is 0.846. The van der Waals surface area contributed by atoms with E-state index in [2.05, 4.69) is 36.2 Å². The second-order valence-electron chi connectivity index (χ2n) is 9.95. The summed E-state index contributed by atoms with van der Waals surface area (Å²) in [6.45, 7) is 4.57. The van der Waals surface area contributed by atoms with E-state index in [0.717, 1.165) is 29.9 Å². The minimum Gasteiger partial charge on any atom is -0.155 e. The van der Waals surface area contributed by atoms with E-state index in [1.807, 2.05) is 0 Å². The van der Waals surface area contributed by atoms with E-state index in [9.17, 15) is 0 Å². The number of aryl methyl sites for hydroxylation is 1. The zero-order valence-corrected chi connectivity index (χ0v) is 19.7. The summed E-state index contributed by atoms with van der Waals surface area (Å²) < 4.78 is 0. The third-order valence-electron chi connectivity index (χ3n) is 7.70. The van der Waals surface area contributed by atoms with Crippen molar-refractivity contribution in [1.82, 2.24) is 10.2 Å². The van der Waals surface area contributed by atoms with Gasteiger partial charge in [0.15, 0.2) is 0 Å². The normalized spacial score (nSPS) is 28.9. The number of hydrogen-bond donors (Lipinski definition) is 0. The molecule has 0 bridgehead atoms. The summed E-state index contributed by atoms with van der Waals surface area (Å²) in [4.78, 5) is 0. The molecule has 0 radical (unpaired) electrons. The molecule has 3 rings (SSSR count). The number of alkyl halides is 1. The van der Waals surface area contributed by atoms with Gasteiger partial charge in [0, 0.05) is 11.3 Å². The van der Waals surface area contributed by atoms with Crippen molar-refractivity contribution in [2.75, 3.05) is 0 Å². The molecule has 164 valence electrons. The second kappa shape index (κ2) is 12.3. The van der Waals surface area contributed by atoms with E-state index in [4.69, 9.17) is 11.6 Å². The van der Waals surface area contributed by atoms with Crippen molar-refractivity contribution in [1.29, 1.82) is 0 Å². The van der Waals surface area contributed by atoms with Gasteiger partial charge in [0.2, 0.25) is 0 Å². The Morgan fingerprint density at radius 2 is 1.59 bits per heavy atom. The van der Waals surface area contributed by atoms with Crippen molar-refractivity contribution in [2.45, 2.75) is 121 Å². The van der Waals surface area contributed by atoms with Gasteiger partial charge < -0.3 is 0 Å². The Hall–Kier alpha value is -0.630. The molecule has 3 heteroatoms. The van der Waals surface area contributed by atoms with Crippen LogP contribution in [0, 0.1) is 17.8 Å². The molecule has 1 unspecified atom stereocenters. The lowest BCUT2D eigenvalue weighted by molar-refractivity contribution is 0.227. The quantitative estimate of drug-likeness (QED) is 0.283. The van der Waals surface area contributed by atoms with Gasteiger partial charge in [0.1, 0.15) is 0 Å². The molecule has 29 heavy (non-hydrogen) atoms. The topological polar surface area (TPSA) is 25.8 Å². The van der Waals surface area contributed by atoms with Crippen LogP contribution in [0.4, 0.5) is 0 Å². The van der Waals surface area contributed by atoms with Gasteiger partial charge in [-0.25, -0.2) is 0 Å². The molecular weight excluding hydrogens is 376 g/mol. The van der Waals surface area contributed by atoms with Gasteiger partial charge in [-0.2, -0.15) is 10.2 Å². The van der Waals surface area contributed by atoms with E-state index in [-0.39, 0.29) is 0 Å². The molecule has 0 saturated heterocycles. The van der Waals surface area contributed by atoms with Crippen LogP contribution in [-0.2, 0) is 6.42 Å². The van der Waals surface area contributed by atoms with Crippen molar-refractivity contribution in [3.8, 4) is 0 Å². The molecule has 2 fully saturated rings. The first-order valence-corrected chi connectivity index (χ1v) is 13.1. The Morgan fingerprint density at radius 3 is 2.21 bits per heavy atom. The summed E-state index contributed by atoms with van der Waals surface area (Å²) in [5, 5.41) is 9.49. The highest BCUT2D eigenvalue weighted by atomic mass is 35.5. The number of hydrogen-bond acceptors (Lipinski definition) is 2. The van der Waals surface area contributed by atoms with Crippen LogP contribution in [0.2, 0.25) is 0 Å². The van der Waals surface area contributed by atoms with Gasteiger partial charge in [0.05, 0.1) is 11.4 Å². The highest BCUT2D eigenvalue weighted by Crippen LogP contribution is 2.41. The van der Waals surface area contributed by atoms with Crippen LogP contribution >= 0.6 is 11.6 Å². The van der Waals surface area contributed by atoms with Crippen molar-refractivity contribution in [3.05, 3.63) is 23.5 Å². The molecule has 1 aromatic heterocycles. The summed E-state index contributed by atoms with van der Waals surface area (Å²) in [7, 11) is 0. The Balaban J connectivity index is 1.38. The van der Waals surface area contributed by atoms with Gasteiger partial charge >= 0.3 is 0 Å². The minimum absolute atomic E-state index is 0.404. The molecular formula is C26H43ClN2. The lowest BCUT2D eigenvalue weighted by Crippen LogP contribution is -2.25. The van der Waals surface area contributed by atoms with Crippen LogP contribution in [0.25, 0.3) is 0 Å². The van der Waals surface area contributed by atoms with Crippen molar-refractivity contribution in [2.24, 2.45) is 17.8 Å². The van der Waals surface area contributed by atoms with E-state index in [1.165, 1.54) is 95.6 Å². The van der Waals surface area contributed by atoms with E-state index in [1.54, 1.807) is 0 Å². The SMILES string of the molecule is CCCCCc1ccc(C2CCC(CC(Cl)C3CCC(CCC)CC3)CC2)nn1. The molecule has 1 heterocycles. The Morgan fingerprint density at radius 1 is 0.862 bits per heavy atom. The lowest BCUT2D eigenvalue weighted by Gasteiger charge is -2.34. The zero-order valence-electron chi connectivity index (χ0n) is 18.9. The number of halogens is 1. The largest absolute Gasteiger partial charge is 0.155 e. The maximum Gasteiger partial charge on any atom is 0.0662 e. The van der Waals surface area contributed by atoms with Gasteiger partial charge in [0.25, 0.3) is 0 Å². The smallest absolute Gasteiger partial charge is 0.0662 e. The molecule has 2 aliphatic rings. The van der Waals surface area contributed by atoms with Crippen LogP contribution in [0.5, 0.6) is 0 Å². The molecule has 0 aliphatic heterocycles. The zero-order chi connectivity index (χ0) is 20.5. The van der Waals surface area contributed by atoms with Crippen LogP contribution in [0.1, 0.15) is 121 Å². The first-order valence-electron chi connectivity index (χ1n) is 12.7. The fourth-order valence-electron chi connectivity index (χ4n) is 5.73. The van der Waals surface area contributed by atoms with E-state index in [0.29, 0.717) is 11.3 Å². The molecule has 2 aliphatic carbocycles. The average Bonchev–Trinajstić information content (AvgIpc) is 2.76. The number of rotatable bonds is 10. The van der Waals surface area contributed by atoms with Gasteiger partial charge in [-0.1, -0.05) is 52.4 Å². The minimum atomic E-state index is 0.404. The summed E-state index contributed by atoms with van der Waals surface area (Å²) in [6.07, 6.45) is 19.6. The van der Waals surface area contributed by atoms with Crippen molar-refractivity contribution >= 4 is 11.6 Å². The maximum atomic E-state index is 6.92. The number of aromatic nitrogens is 2. The molecule has 1 atom stereocenters. The number of nitrogens with zero attached hydrogens (tertiary/aromatic N) is 2. The standard InChI is InChI=1S/C26H43ClN2/c1-3-5-6-8-24-17-18-26(29-28-24)23-15-11-21(12-16-23)19-25(27)22-13-9-20(7-4-2)10-14-22/h17-18,20-23,25H,3-16,19H2,1-2H3. The first-order chi connectivity index (χ1) is 14.2. The highest BCUT2D eigenvalue weighted by Gasteiger charge is 2.30. The monoisotopic (exact) mass is 418 g/mol. The van der Waals surface area contributed by atoms with E-state index >= 15 is 0 Å². The van der Waals surface area contributed by atoms with Crippen LogP contribution < -0.4 is 0 Å².